The fourth-order valence-corrected chi connectivity index (χ4v) is 5.34. The molecule has 0 N–H and O–H groups in total. The number of para-hydroxylation sites is 2. The summed E-state index contributed by atoms with van der Waals surface area (Å²) >= 11 is 0. The molecule has 9 heteroatoms. The van der Waals surface area contributed by atoms with Crippen LogP contribution in [0.4, 0.5) is 10.1 Å². The maximum atomic E-state index is 14.5. The fraction of sp³-hybridized carbons (Fsp3) is 0.435. The van der Waals surface area contributed by atoms with Crippen LogP contribution in [0, 0.1) is 5.82 Å². The highest BCUT2D eigenvalue weighted by Gasteiger charge is 2.28. The van der Waals surface area contributed by atoms with E-state index in [0.29, 0.717) is 45.9 Å². The van der Waals surface area contributed by atoms with Crippen LogP contribution in [0.15, 0.2) is 47.4 Å². The molecule has 0 bridgehead atoms. The van der Waals surface area contributed by atoms with Gasteiger partial charge in [-0.3, -0.25) is 4.79 Å². The Labute approximate surface area is 189 Å². The van der Waals surface area contributed by atoms with Crippen molar-refractivity contribution in [3.8, 4) is 5.75 Å². The minimum absolute atomic E-state index is 0.0739. The maximum Gasteiger partial charge on any atom is 0.256 e. The van der Waals surface area contributed by atoms with Crippen molar-refractivity contribution in [3.63, 3.8) is 0 Å². The summed E-state index contributed by atoms with van der Waals surface area (Å²) in [5, 5.41) is 0. The first-order valence-electron chi connectivity index (χ1n) is 10.9. The van der Waals surface area contributed by atoms with E-state index in [1.807, 2.05) is 31.2 Å². The number of piperazine rings is 1. The number of hydrogen-bond acceptors (Lipinski definition) is 5. The lowest BCUT2D eigenvalue weighted by Gasteiger charge is -2.36. The molecule has 1 fully saturated rings. The number of carbonyl (C=O) groups is 1. The van der Waals surface area contributed by atoms with Crippen LogP contribution < -0.4 is 9.64 Å². The third-order valence-corrected chi connectivity index (χ3v) is 7.63. The first-order chi connectivity index (χ1) is 15.3. The van der Waals surface area contributed by atoms with Crippen LogP contribution in [-0.2, 0) is 10.0 Å². The van der Waals surface area contributed by atoms with Crippen molar-refractivity contribution >= 4 is 21.6 Å². The summed E-state index contributed by atoms with van der Waals surface area (Å²) in [6.45, 7) is 8.47. The molecule has 7 nitrogen and oxygen atoms in total. The topological polar surface area (TPSA) is 70.2 Å². The van der Waals surface area contributed by atoms with E-state index in [9.17, 15) is 17.6 Å². The van der Waals surface area contributed by atoms with E-state index in [1.54, 1.807) is 18.7 Å². The van der Waals surface area contributed by atoms with Crippen molar-refractivity contribution in [2.75, 3.05) is 50.8 Å². The standard InChI is InChI=1S/C23H30FN3O4S/c1-4-27(5-2)32(29,30)18-11-12-20(24)19(17-18)23(28)26-15-13-25(14-16-26)21-9-7-8-10-22(21)31-6-3/h7-12,17H,4-6,13-16H2,1-3H3. The number of anilines is 1. The molecule has 0 atom stereocenters. The molecule has 174 valence electrons. The Kier molecular flexibility index (Phi) is 7.73. The van der Waals surface area contributed by atoms with Crippen LogP contribution in [0.2, 0.25) is 0 Å². The number of hydrogen-bond donors (Lipinski definition) is 0. The van der Waals surface area contributed by atoms with Gasteiger partial charge in [0.2, 0.25) is 10.0 Å². The first kappa shape index (κ1) is 24.0. The van der Waals surface area contributed by atoms with Gasteiger partial charge in [0.15, 0.2) is 0 Å². The monoisotopic (exact) mass is 463 g/mol. The Morgan fingerprint density at radius 1 is 1.03 bits per heavy atom. The Bertz CT molecular complexity index is 1050. The summed E-state index contributed by atoms with van der Waals surface area (Å²) in [6, 6.07) is 11.2. The Hall–Kier alpha value is -2.65. The van der Waals surface area contributed by atoms with Crippen molar-refractivity contribution < 1.29 is 22.3 Å². The van der Waals surface area contributed by atoms with Crippen molar-refractivity contribution in [1.82, 2.24) is 9.21 Å². The van der Waals surface area contributed by atoms with Crippen LogP contribution in [0.25, 0.3) is 0 Å². The van der Waals surface area contributed by atoms with Crippen molar-refractivity contribution in [1.29, 1.82) is 0 Å². The number of benzene rings is 2. The third kappa shape index (κ3) is 4.88. The van der Waals surface area contributed by atoms with E-state index in [2.05, 4.69) is 4.90 Å². The summed E-state index contributed by atoms with van der Waals surface area (Å²) < 4.78 is 47.1. The second-order valence-electron chi connectivity index (χ2n) is 7.41. The molecule has 1 amide bonds. The van der Waals surface area contributed by atoms with Gasteiger partial charge in [0.05, 0.1) is 22.8 Å². The zero-order chi connectivity index (χ0) is 23.3. The van der Waals surface area contributed by atoms with Gasteiger partial charge in [0.1, 0.15) is 11.6 Å². The minimum atomic E-state index is -3.79. The van der Waals surface area contributed by atoms with E-state index in [1.165, 1.54) is 10.4 Å². The number of sulfonamides is 1. The average Bonchev–Trinajstić information content (AvgIpc) is 2.80. The summed E-state index contributed by atoms with van der Waals surface area (Å²) in [4.78, 5) is 16.7. The third-order valence-electron chi connectivity index (χ3n) is 5.58. The highest BCUT2D eigenvalue weighted by Crippen LogP contribution is 2.29. The molecule has 0 aliphatic carbocycles. The van der Waals surface area contributed by atoms with Crippen LogP contribution in [0.3, 0.4) is 0 Å². The Morgan fingerprint density at radius 2 is 1.69 bits per heavy atom. The number of halogens is 1. The van der Waals surface area contributed by atoms with E-state index in [4.69, 9.17) is 4.74 Å². The van der Waals surface area contributed by atoms with Crippen molar-refractivity contribution in [2.24, 2.45) is 0 Å². The van der Waals surface area contributed by atoms with Crippen LogP contribution >= 0.6 is 0 Å². The lowest BCUT2D eigenvalue weighted by Crippen LogP contribution is -2.49. The van der Waals surface area contributed by atoms with Gasteiger partial charge in [-0.25, -0.2) is 12.8 Å². The van der Waals surface area contributed by atoms with Gasteiger partial charge < -0.3 is 14.5 Å². The van der Waals surface area contributed by atoms with Crippen LogP contribution in [0.5, 0.6) is 5.75 Å². The smallest absolute Gasteiger partial charge is 0.256 e. The molecule has 3 rings (SSSR count). The van der Waals surface area contributed by atoms with E-state index < -0.39 is 21.7 Å². The highest BCUT2D eigenvalue weighted by molar-refractivity contribution is 7.89. The predicted octanol–water partition coefficient (Wildman–Crippen LogP) is 3.22. The zero-order valence-corrected chi connectivity index (χ0v) is 19.6. The first-order valence-corrected chi connectivity index (χ1v) is 12.3. The number of carbonyl (C=O) groups excluding carboxylic acids is 1. The molecular weight excluding hydrogens is 433 g/mol. The predicted molar refractivity (Wildman–Crippen MR) is 122 cm³/mol. The molecule has 2 aromatic rings. The molecule has 32 heavy (non-hydrogen) atoms. The van der Waals surface area contributed by atoms with Gasteiger partial charge in [0, 0.05) is 39.3 Å². The molecular formula is C23H30FN3O4S. The molecule has 0 spiro atoms. The fourth-order valence-electron chi connectivity index (χ4n) is 3.86. The summed E-state index contributed by atoms with van der Waals surface area (Å²) in [7, 11) is -3.79. The molecule has 1 aliphatic rings. The molecule has 0 aromatic heterocycles. The number of rotatable bonds is 8. The van der Waals surface area contributed by atoms with Crippen LogP contribution in [0.1, 0.15) is 31.1 Å². The second kappa shape index (κ2) is 10.3. The van der Waals surface area contributed by atoms with E-state index >= 15 is 0 Å². The Balaban J connectivity index is 1.77. The molecule has 0 unspecified atom stereocenters. The average molecular weight is 464 g/mol. The molecule has 2 aromatic carbocycles. The van der Waals surface area contributed by atoms with Gasteiger partial charge in [-0.1, -0.05) is 26.0 Å². The SMILES string of the molecule is CCOc1ccccc1N1CCN(C(=O)c2cc(S(=O)(=O)N(CC)CC)ccc2F)CC1. The lowest BCUT2D eigenvalue weighted by molar-refractivity contribution is 0.0741. The summed E-state index contributed by atoms with van der Waals surface area (Å²) in [5.41, 5.74) is 0.737. The van der Waals surface area contributed by atoms with Gasteiger partial charge in [-0.2, -0.15) is 4.31 Å². The number of nitrogens with zero attached hydrogens (tertiary/aromatic N) is 3. The summed E-state index contributed by atoms with van der Waals surface area (Å²) in [6.07, 6.45) is 0. The Morgan fingerprint density at radius 3 is 2.31 bits per heavy atom. The molecule has 1 saturated heterocycles. The molecule has 1 heterocycles. The second-order valence-corrected chi connectivity index (χ2v) is 9.35. The number of ether oxygens (including phenoxy) is 1. The largest absolute Gasteiger partial charge is 0.492 e. The maximum absolute atomic E-state index is 14.5. The molecule has 1 aliphatic heterocycles. The minimum Gasteiger partial charge on any atom is -0.492 e. The number of amides is 1. The quantitative estimate of drug-likeness (QED) is 0.601. The van der Waals surface area contributed by atoms with Gasteiger partial charge in [-0.15, -0.1) is 0 Å². The summed E-state index contributed by atoms with van der Waals surface area (Å²) in [5.74, 6) is -0.440. The lowest BCUT2D eigenvalue weighted by atomic mass is 10.1. The van der Waals surface area contributed by atoms with Crippen LogP contribution in [-0.4, -0.2) is 69.4 Å². The van der Waals surface area contributed by atoms with Crippen molar-refractivity contribution in [2.45, 2.75) is 25.7 Å². The van der Waals surface area contributed by atoms with Gasteiger partial charge >= 0.3 is 0 Å². The molecule has 0 radical (unpaired) electrons. The highest BCUT2D eigenvalue weighted by atomic mass is 32.2. The molecule has 0 saturated carbocycles. The van der Waals surface area contributed by atoms with Crippen molar-refractivity contribution in [3.05, 3.63) is 53.8 Å². The van der Waals surface area contributed by atoms with Gasteiger partial charge in [0.25, 0.3) is 5.91 Å². The zero-order valence-electron chi connectivity index (χ0n) is 18.8. The van der Waals surface area contributed by atoms with E-state index in [0.717, 1.165) is 23.6 Å². The normalized spacial score (nSPS) is 14.7. The van der Waals surface area contributed by atoms with E-state index in [-0.39, 0.29) is 10.5 Å². The van der Waals surface area contributed by atoms with Gasteiger partial charge in [-0.05, 0) is 37.3 Å².